The number of benzene rings is 2. The van der Waals surface area contributed by atoms with Crippen LogP contribution in [0.5, 0.6) is 0 Å². The Morgan fingerprint density at radius 1 is 0.654 bits per heavy atom. The summed E-state index contributed by atoms with van der Waals surface area (Å²) in [6.45, 7) is 17.3. The summed E-state index contributed by atoms with van der Waals surface area (Å²) >= 11 is 1.75. The maximum absolute atomic E-state index is 13.1. The molecule has 296 valence electrons. The van der Waals surface area contributed by atoms with Crippen LogP contribution in [0.25, 0.3) is 0 Å². The molecule has 1 heterocycles. The highest BCUT2D eigenvalue weighted by atomic mass is 32.2. The van der Waals surface area contributed by atoms with E-state index < -0.39 is 10.0 Å². The molecule has 2 N–H and O–H groups in total. The SMILES string of the molecule is CCCCCCCCOCCOCCOCCOCCOCCSCc1ccc(S(=O)(=O)Nc2ccc(CC3CC(C)(C)NC(C)(C)C3)cc2)cc1. The van der Waals surface area contributed by atoms with Crippen molar-refractivity contribution >= 4 is 27.5 Å². The summed E-state index contributed by atoms with van der Waals surface area (Å²) < 4.78 is 56.8. The molecule has 1 fully saturated rings. The zero-order chi connectivity index (χ0) is 37.5. The van der Waals surface area contributed by atoms with Crippen LogP contribution in [0.2, 0.25) is 0 Å². The number of sulfonamides is 1. The third kappa shape index (κ3) is 19.6. The summed E-state index contributed by atoms with van der Waals surface area (Å²) in [5.74, 6) is 2.22. The van der Waals surface area contributed by atoms with Gasteiger partial charge < -0.3 is 29.0 Å². The van der Waals surface area contributed by atoms with Crippen LogP contribution in [-0.4, -0.2) is 91.3 Å². The minimum Gasteiger partial charge on any atom is -0.379 e. The van der Waals surface area contributed by atoms with E-state index in [2.05, 4.69) is 44.7 Å². The normalized spacial score (nSPS) is 15.9. The molecule has 1 aliphatic rings. The Bertz CT molecular complexity index is 1310. The predicted molar refractivity (Wildman–Crippen MR) is 215 cm³/mol. The quantitative estimate of drug-likeness (QED) is 0.0793. The minimum absolute atomic E-state index is 0.108. The maximum atomic E-state index is 13.1. The summed E-state index contributed by atoms with van der Waals surface area (Å²) in [4.78, 5) is 0.256. The number of anilines is 1. The van der Waals surface area contributed by atoms with Crippen molar-refractivity contribution in [2.45, 2.75) is 114 Å². The Hall–Kier alpha value is -1.70. The van der Waals surface area contributed by atoms with Gasteiger partial charge in [-0.15, -0.1) is 0 Å². The topological polar surface area (TPSA) is 104 Å². The molecule has 0 atom stereocenters. The molecule has 0 amide bonds. The average molecular weight is 765 g/mol. The standard InChI is InChI=1S/C41H68N2O7S2/c1-6-7-8-9-10-11-20-46-21-22-47-23-24-48-25-26-49-27-28-50-29-30-51-34-36-14-18-39(19-15-36)52(44,45)42-38-16-12-35(13-17-38)31-37-32-40(2,3)43-41(4,5)33-37/h12-19,37,42-43H,6-11,20-34H2,1-5H3. The van der Waals surface area contributed by atoms with E-state index in [-0.39, 0.29) is 16.0 Å². The highest BCUT2D eigenvalue weighted by molar-refractivity contribution is 7.98. The van der Waals surface area contributed by atoms with Crippen LogP contribution in [0.1, 0.15) is 97.1 Å². The molecular formula is C41H68N2O7S2. The number of thioether (sulfide) groups is 1. The van der Waals surface area contributed by atoms with Crippen LogP contribution in [0.3, 0.4) is 0 Å². The summed E-state index contributed by atoms with van der Waals surface area (Å²) in [5, 5.41) is 3.75. The fraction of sp³-hybridized carbons (Fsp3) is 0.707. The summed E-state index contributed by atoms with van der Waals surface area (Å²) in [6.07, 6.45) is 10.9. The number of rotatable bonds is 29. The molecule has 0 aliphatic carbocycles. The highest BCUT2D eigenvalue weighted by Gasteiger charge is 2.37. The molecule has 1 aliphatic heterocycles. The molecule has 0 bridgehead atoms. The van der Waals surface area contributed by atoms with E-state index in [1.165, 1.54) is 37.7 Å². The Labute approximate surface area is 320 Å². The van der Waals surface area contributed by atoms with Crippen LogP contribution >= 0.6 is 11.8 Å². The molecule has 0 spiro atoms. The van der Waals surface area contributed by atoms with E-state index in [1.807, 2.05) is 36.4 Å². The van der Waals surface area contributed by atoms with Crippen LogP contribution in [0, 0.1) is 5.92 Å². The highest BCUT2D eigenvalue weighted by Crippen LogP contribution is 2.35. The fourth-order valence-corrected chi connectivity index (χ4v) is 8.84. The summed E-state index contributed by atoms with van der Waals surface area (Å²) in [5.41, 5.74) is 3.09. The molecule has 0 unspecified atom stereocenters. The molecule has 0 radical (unpaired) electrons. The summed E-state index contributed by atoms with van der Waals surface area (Å²) in [6, 6.07) is 14.9. The van der Waals surface area contributed by atoms with Gasteiger partial charge in [-0.05, 0) is 94.7 Å². The van der Waals surface area contributed by atoms with E-state index in [9.17, 15) is 8.42 Å². The minimum atomic E-state index is -3.67. The number of nitrogens with one attached hydrogen (secondary N) is 2. The third-order valence-corrected chi connectivity index (χ3v) is 11.4. The van der Waals surface area contributed by atoms with Crippen molar-refractivity contribution in [3.05, 3.63) is 59.7 Å². The van der Waals surface area contributed by atoms with Crippen LogP contribution in [0.15, 0.2) is 53.4 Å². The molecule has 1 saturated heterocycles. The third-order valence-electron chi connectivity index (χ3n) is 9.01. The summed E-state index contributed by atoms with van der Waals surface area (Å²) in [7, 11) is -3.67. The predicted octanol–water partition coefficient (Wildman–Crippen LogP) is 8.26. The number of ether oxygens (including phenoxy) is 5. The molecular weight excluding hydrogens is 697 g/mol. The van der Waals surface area contributed by atoms with Gasteiger partial charge in [-0.3, -0.25) is 4.72 Å². The van der Waals surface area contributed by atoms with Gasteiger partial charge in [-0.1, -0.05) is 63.3 Å². The second-order valence-corrected chi connectivity index (χ2v) is 18.0. The van der Waals surface area contributed by atoms with Gasteiger partial charge in [0, 0.05) is 34.9 Å². The van der Waals surface area contributed by atoms with Crippen molar-refractivity contribution in [1.29, 1.82) is 0 Å². The Morgan fingerprint density at radius 3 is 1.69 bits per heavy atom. The maximum Gasteiger partial charge on any atom is 0.261 e. The van der Waals surface area contributed by atoms with E-state index in [0.717, 1.165) is 49.4 Å². The van der Waals surface area contributed by atoms with Gasteiger partial charge in [0.25, 0.3) is 10.0 Å². The lowest BCUT2D eigenvalue weighted by atomic mass is 9.74. The molecule has 11 heteroatoms. The second kappa shape index (κ2) is 24.7. The first kappa shape index (κ1) is 44.7. The van der Waals surface area contributed by atoms with Crippen molar-refractivity contribution < 1.29 is 32.1 Å². The fourth-order valence-electron chi connectivity index (χ4n) is 6.97. The zero-order valence-corrected chi connectivity index (χ0v) is 34.4. The average Bonchev–Trinajstić information content (AvgIpc) is 3.08. The van der Waals surface area contributed by atoms with Gasteiger partial charge in [0.1, 0.15) is 0 Å². The smallest absolute Gasteiger partial charge is 0.261 e. The number of hydrogen-bond acceptors (Lipinski definition) is 9. The van der Waals surface area contributed by atoms with Crippen molar-refractivity contribution in [1.82, 2.24) is 5.32 Å². The second-order valence-electron chi connectivity index (χ2n) is 15.2. The van der Waals surface area contributed by atoms with E-state index >= 15 is 0 Å². The molecule has 0 aromatic heterocycles. The van der Waals surface area contributed by atoms with Crippen molar-refractivity contribution in [2.75, 3.05) is 76.5 Å². The Morgan fingerprint density at radius 2 is 1.13 bits per heavy atom. The number of piperidine rings is 1. The Kier molecular flexibility index (Phi) is 21.2. The molecule has 0 saturated carbocycles. The molecule has 2 aromatic rings. The van der Waals surface area contributed by atoms with Crippen LogP contribution in [-0.2, 0) is 45.9 Å². The van der Waals surface area contributed by atoms with Gasteiger partial charge in [0.15, 0.2) is 0 Å². The molecule has 3 rings (SSSR count). The first-order chi connectivity index (χ1) is 25.0. The van der Waals surface area contributed by atoms with E-state index in [0.29, 0.717) is 71.1 Å². The van der Waals surface area contributed by atoms with Crippen LogP contribution in [0.4, 0.5) is 5.69 Å². The number of hydrogen-bond donors (Lipinski definition) is 2. The number of unbranched alkanes of at least 4 members (excludes halogenated alkanes) is 5. The monoisotopic (exact) mass is 764 g/mol. The molecule has 52 heavy (non-hydrogen) atoms. The molecule has 2 aromatic carbocycles. The van der Waals surface area contributed by atoms with Crippen LogP contribution < -0.4 is 10.0 Å². The largest absolute Gasteiger partial charge is 0.379 e. The van der Waals surface area contributed by atoms with Crippen molar-refractivity contribution in [3.8, 4) is 0 Å². The zero-order valence-electron chi connectivity index (χ0n) is 32.7. The van der Waals surface area contributed by atoms with E-state index in [1.54, 1.807) is 23.9 Å². The van der Waals surface area contributed by atoms with Crippen molar-refractivity contribution in [3.63, 3.8) is 0 Å². The van der Waals surface area contributed by atoms with E-state index in [4.69, 9.17) is 23.7 Å². The lowest BCUT2D eigenvalue weighted by Gasteiger charge is -2.46. The van der Waals surface area contributed by atoms with Gasteiger partial charge in [-0.25, -0.2) is 8.42 Å². The molecule has 9 nitrogen and oxygen atoms in total. The van der Waals surface area contributed by atoms with Crippen molar-refractivity contribution in [2.24, 2.45) is 5.92 Å². The Balaban J connectivity index is 1.16. The lowest BCUT2D eigenvalue weighted by molar-refractivity contribution is -0.0103. The van der Waals surface area contributed by atoms with Gasteiger partial charge in [0.2, 0.25) is 0 Å². The lowest BCUT2D eigenvalue weighted by Crippen LogP contribution is -2.58. The first-order valence-electron chi connectivity index (χ1n) is 19.4. The van der Waals surface area contributed by atoms with Gasteiger partial charge in [0.05, 0.1) is 64.4 Å². The van der Waals surface area contributed by atoms with Gasteiger partial charge >= 0.3 is 0 Å². The van der Waals surface area contributed by atoms with Gasteiger partial charge in [-0.2, -0.15) is 11.8 Å². The first-order valence-corrected chi connectivity index (χ1v) is 22.1.